The SMILES string of the molecule is CCCNCc1cccc(-c2ccc(OC)cc2OC)c1. The summed E-state index contributed by atoms with van der Waals surface area (Å²) in [6, 6.07) is 14.4. The molecule has 0 aromatic heterocycles. The van der Waals surface area contributed by atoms with E-state index in [1.807, 2.05) is 18.2 Å². The Labute approximate surface area is 126 Å². The summed E-state index contributed by atoms with van der Waals surface area (Å²) in [5, 5.41) is 3.43. The first-order valence-electron chi connectivity index (χ1n) is 7.30. The van der Waals surface area contributed by atoms with Gasteiger partial charge in [0.2, 0.25) is 0 Å². The molecule has 0 bridgehead atoms. The van der Waals surface area contributed by atoms with Crippen molar-refractivity contribution in [2.75, 3.05) is 20.8 Å². The van der Waals surface area contributed by atoms with Gasteiger partial charge in [0.05, 0.1) is 14.2 Å². The van der Waals surface area contributed by atoms with E-state index < -0.39 is 0 Å². The Bertz CT molecular complexity index is 581. The van der Waals surface area contributed by atoms with Crippen molar-refractivity contribution in [3.8, 4) is 22.6 Å². The van der Waals surface area contributed by atoms with E-state index in [1.165, 1.54) is 5.56 Å². The normalized spacial score (nSPS) is 10.4. The minimum absolute atomic E-state index is 0.802. The van der Waals surface area contributed by atoms with E-state index in [-0.39, 0.29) is 0 Å². The molecule has 2 rings (SSSR count). The molecule has 0 aliphatic rings. The lowest BCUT2D eigenvalue weighted by Crippen LogP contribution is -2.13. The van der Waals surface area contributed by atoms with Crippen LogP contribution in [0.3, 0.4) is 0 Å². The Morgan fingerprint density at radius 3 is 2.57 bits per heavy atom. The number of nitrogens with one attached hydrogen (secondary N) is 1. The average Bonchev–Trinajstić information content (AvgIpc) is 2.54. The Hall–Kier alpha value is -2.00. The molecular weight excluding hydrogens is 262 g/mol. The van der Waals surface area contributed by atoms with Gasteiger partial charge in [-0.15, -0.1) is 0 Å². The van der Waals surface area contributed by atoms with Crippen molar-refractivity contribution in [3.05, 3.63) is 48.0 Å². The predicted molar refractivity (Wildman–Crippen MR) is 87.0 cm³/mol. The van der Waals surface area contributed by atoms with Crippen LogP contribution < -0.4 is 14.8 Å². The van der Waals surface area contributed by atoms with Crippen LogP contribution in [0, 0.1) is 0 Å². The van der Waals surface area contributed by atoms with Crippen LogP contribution in [-0.2, 0) is 6.54 Å². The Kier molecular flexibility index (Phi) is 5.64. The fourth-order valence-electron chi connectivity index (χ4n) is 2.30. The molecule has 0 heterocycles. The van der Waals surface area contributed by atoms with E-state index in [1.54, 1.807) is 14.2 Å². The maximum Gasteiger partial charge on any atom is 0.130 e. The van der Waals surface area contributed by atoms with E-state index in [0.29, 0.717) is 0 Å². The van der Waals surface area contributed by atoms with E-state index in [4.69, 9.17) is 9.47 Å². The van der Waals surface area contributed by atoms with E-state index in [2.05, 4.69) is 36.5 Å². The Balaban J connectivity index is 2.27. The highest BCUT2D eigenvalue weighted by atomic mass is 16.5. The van der Waals surface area contributed by atoms with Gasteiger partial charge in [-0.25, -0.2) is 0 Å². The lowest BCUT2D eigenvalue weighted by Gasteiger charge is -2.12. The second kappa shape index (κ2) is 7.70. The minimum atomic E-state index is 0.802. The highest BCUT2D eigenvalue weighted by Crippen LogP contribution is 2.33. The van der Waals surface area contributed by atoms with Crippen LogP contribution in [0.5, 0.6) is 11.5 Å². The third-order valence-corrected chi connectivity index (χ3v) is 3.40. The van der Waals surface area contributed by atoms with Gasteiger partial charge in [0.15, 0.2) is 0 Å². The Morgan fingerprint density at radius 2 is 1.86 bits per heavy atom. The van der Waals surface area contributed by atoms with Crippen LogP contribution in [-0.4, -0.2) is 20.8 Å². The van der Waals surface area contributed by atoms with Crippen LogP contribution in [0.4, 0.5) is 0 Å². The summed E-state index contributed by atoms with van der Waals surface area (Å²) in [7, 11) is 3.35. The number of methoxy groups -OCH3 is 2. The molecule has 0 atom stereocenters. The number of benzene rings is 2. The van der Waals surface area contributed by atoms with E-state index >= 15 is 0 Å². The van der Waals surface area contributed by atoms with Gasteiger partial charge < -0.3 is 14.8 Å². The molecule has 3 heteroatoms. The molecule has 0 aliphatic carbocycles. The van der Waals surface area contributed by atoms with Gasteiger partial charge in [0.25, 0.3) is 0 Å². The van der Waals surface area contributed by atoms with Gasteiger partial charge in [-0.05, 0) is 42.3 Å². The van der Waals surface area contributed by atoms with Crippen molar-refractivity contribution in [3.63, 3.8) is 0 Å². The number of rotatable bonds is 7. The molecule has 21 heavy (non-hydrogen) atoms. The van der Waals surface area contributed by atoms with Crippen molar-refractivity contribution in [2.24, 2.45) is 0 Å². The highest BCUT2D eigenvalue weighted by Gasteiger charge is 2.08. The predicted octanol–water partition coefficient (Wildman–Crippen LogP) is 3.87. The average molecular weight is 285 g/mol. The second-order valence-electron chi connectivity index (χ2n) is 4.94. The molecular formula is C18H23NO2. The Morgan fingerprint density at radius 1 is 1.00 bits per heavy atom. The van der Waals surface area contributed by atoms with Gasteiger partial charge in [-0.2, -0.15) is 0 Å². The zero-order valence-corrected chi connectivity index (χ0v) is 13.0. The minimum Gasteiger partial charge on any atom is -0.497 e. The first-order valence-corrected chi connectivity index (χ1v) is 7.30. The van der Waals surface area contributed by atoms with Gasteiger partial charge in [0.1, 0.15) is 11.5 Å². The first-order chi connectivity index (χ1) is 10.3. The molecule has 112 valence electrons. The fraction of sp³-hybridized carbons (Fsp3) is 0.333. The zero-order chi connectivity index (χ0) is 15.1. The topological polar surface area (TPSA) is 30.5 Å². The molecule has 0 saturated carbocycles. The quantitative estimate of drug-likeness (QED) is 0.783. The maximum atomic E-state index is 5.49. The molecule has 0 aliphatic heterocycles. The van der Waals surface area contributed by atoms with Gasteiger partial charge in [0, 0.05) is 18.2 Å². The van der Waals surface area contributed by atoms with Crippen LogP contribution in [0.2, 0.25) is 0 Å². The van der Waals surface area contributed by atoms with Crippen molar-refractivity contribution in [1.82, 2.24) is 5.32 Å². The molecule has 2 aromatic rings. The van der Waals surface area contributed by atoms with Gasteiger partial charge in [-0.1, -0.05) is 25.1 Å². The van der Waals surface area contributed by atoms with Crippen LogP contribution in [0.15, 0.2) is 42.5 Å². The fourth-order valence-corrected chi connectivity index (χ4v) is 2.30. The number of hydrogen-bond donors (Lipinski definition) is 1. The lowest BCUT2D eigenvalue weighted by atomic mass is 10.0. The monoisotopic (exact) mass is 285 g/mol. The van der Waals surface area contributed by atoms with Crippen molar-refractivity contribution >= 4 is 0 Å². The summed E-state index contributed by atoms with van der Waals surface area (Å²) in [5.41, 5.74) is 3.51. The maximum absolute atomic E-state index is 5.49. The zero-order valence-electron chi connectivity index (χ0n) is 13.0. The second-order valence-corrected chi connectivity index (χ2v) is 4.94. The summed E-state index contributed by atoms with van der Waals surface area (Å²) in [4.78, 5) is 0. The molecule has 0 saturated heterocycles. The molecule has 3 nitrogen and oxygen atoms in total. The third-order valence-electron chi connectivity index (χ3n) is 3.40. The van der Waals surface area contributed by atoms with Crippen molar-refractivity contribution < 1.29 is 9.47 Å². The molecule has 0 unspecified atom stereocenters. The molecule has 0 spiro atoms. The molecule has 2 aromatic carbocycles. The molecule has 0 fully saturated rings. The number of ether oxygens (including phenoxy) is 2. The van der Waals surface area contributed by atoms with Crippen molar-refractivity contribution in [2.45, 2.75) is 19.9 Å². The first kappa shape index (κ1) is 15.4. The summed E-state index contributed by atoms with van der Waals surface area (Å²) in [6.07, 6.45) is 1.14. The number of hydrogen-bond acceptors (Lipinski definition) is 3. The summed E-state index contributed by atoms with van der Waals surface area (Å²) in [5.74, 6) is 1.63. The van der Waals surface area contributed by atoms with Crippen LogP contribution in [0.25, 0.3) is 11.1 Å². The van der Waals surface area contributed by atoms with Crippen molar-refractivity contribution in [1.29, 1.82) is 0 Å². The highest BCUT2D eigenvalue weighted by molar-refractivity contribution is 5.72. The van der Waals surface area contributed by atoms with E-state index in [9.17, 15) is 0 Å². The van der Waals surface area contributed by atoms with Crippen LogP contribution in [0.1, 0.15) is 18.9 Å². The smallest absolute Gasteiger partial charge is 0.130 e. The standard InChI is InChI=1S/C18H23NO2/c1-4-10-19-13-14-6-5-7-15(11-14)17-9-8-16(20-2)12-18(17)21-3/h5-9,11-12,19H,4,10,13H2,1-3H3. The van der Waals surface area contributed by atoms with Gasteiger partial charge >= 0.3 is 0 Å². The summed E-state index contributed by atoms with van der Waals surface area (Å²) < 4.78 is 10.7. The van der Waals surface area contributed by atoms with E-state index in [0.717, 1.165) is 42.1 Å². The van der Waals surface area contributed by atoms with Gasteiger partial charge in [-0.3, -0.25) is 0 Å². The lowest BCUT2D eigenvalue weighted by molar-refractivity contribution is 0.395. The largest absolute Gasteiger partial charge is 0.497 e. The molecule has 0 radical (unpaired) electrons. The molecule has 0 amide bonds. The molecule has 1 N–H and O–H groups in total. The summed E-state index contributed by atoms with van der Waals surface area (Å²) >= 11 is 0. The van der Waals surface area contributed by atoms with Crippen LogP contribution >= 0.6 is 0 Å². The summed E-state index contributed by atoms with van der Waals surface area (Å²) in [6.45, 7) is 4.10. The third kappa shape index (κ3) is 3.99.